The van der Waals surface area contributed by atoms with Crippen LogP contribution in [0.2, 0.25) is 0 Å². The van der Waals surface area contributed by atoms with Crippen LogP contribution >= 0.6 is 11.8 Å². The molecule has 0 fully saturated rings. The number of hydrogen-bond acceptors (Lipinski definition) is 3. The van der Waals surface area contributed by atoms with Crippen LogP contribution in [0.1, 0.15) is 24.9 Å². The van der Waals surface area contributed by atoms with E-state index in [0.29, 0.717) is 5.69 Å². The largest absolute Gasteiger partial charge is 0.372 e. The van der Waals surface area contributed by atoms with E-state index in [2.05, 4.69) is 6.26 Å². The molecule has 2 N–H and O–H groups in total. The van der Waals surface area contributed by atoms with Gasteiger partial charge in [0.2, 0.25) is 0 Å². The summed E-state index contributed by atoms with van der Waals surface area (Å²) in [5.41, 5.74) is 7.39. The van der Waals surface area contributed by atoms with Crippen LogP contribution < -0.4 is 10.6 Å². The molecule has 96 valence electrons. The van der Waals surface area contributed by atoms with Crippen LogP contribution in [-0.4, -0.2) is 25.6 Å². The Morgan fingerprint density at radius 2 is 2.18 bits per heavy atom. The minimum absolute atomic E-state index is 0.149. The summed E-state index contributed by atoms with van der Waals surface area (Å²) in [6.07, 6.45) is 3.13. The van der Waals surface area contributed by atoms with Crippen molar-refractivity contribution >= 4 is 17.4 Å². The molecule has 0 saturated heterocycles. The minimum atomic E-state index is -0.188. The van der Waals surface area contributed by atoms with Gasteiger partial charge in [-0.3, -0.25) is 0 Å². The Balaban J connectivity index is 2.87. The number of anilines is 1. The molecule has 2 nitrogen and oxygen atoms in total. The highest BCUT2D eigenvalue weighted by Gasteiger charge is 2.14. The lowest BCUT2D eigenvalue weighted by atomic mass is 10.1. The predicted octanol–water partition coefficient (Wildman–Crippen LogP) is 3.03. The summed E-state index contributed by atoms with van der Waals surface area (Å²) in [5, 5.41) is 0. The minimum Gasteiger partial charge on any atom is -0.372 e. The van der Waals surface area contributed by atoms with Gasteiger partial charge in [-0.05, 0) is 37.0 Å². The van der Waals surface area contributed by atoms with E-state index in [0.717, 1.165) is 24.3 Å². The second-order valence-corrected chi connectivity index (χ2v) is 5.22. The van der Waals surface area contributed by atoms with Gasteiger partial charge in [0.15, 0.2) is 0 Å². The first-order valence-electron chi connectivity index (χ1n) is 5.82. The monoisotopic (exact) mass is 256 g/mol. The maximum absolute atomic E-state index is 13.9. The Kier molecular flexibility index (Phi) is 5.78. The number of thioether (sulfide) groups is 1. The number of halogens is 1. The lowest BCUT2D eigenvalue weighted by Crippen LogP contribution is -2.23. The molecule has 0 aliphatic carbocycles. The maximum Gasteiger partial charge on any atom is 0.146 e. The van der Waals surface area contributed by atoms with Gasteiger partial charge in [-0.25, -0.2) is 4.39 Å². The summed E-state index contributed by atoms with van der Waals surface area (Å²) >= 11 is 1.81. The van der Waals surface area contributed by atoms with Gasteiger partial charge in [0.25, 0.3) is 0 Å². The SMILES string of the molecule is CSCCCN(C)c1c(F)cccc1C(C)N. The van der Waals surface area contributed by atoms with Crippen LogP contribution in [0.5, 0.6) is 0 Å². The van der Waals surface area contributed by atoms with Gasteiger partial charge in [0, 0.05) is 19.6 Å². The van der Waals surface area contributed by atoms with Gasteiger partial charge < -0.3 is 10.6 Å². The smallest absolute Gasteiger partial charge is 0.146 e. The highest BCUT2D eigenvalue weighted by atomic mass is 32.2. The average molecular weight is 256 g/mol. The number of para-hydroxylation sites is 1. The Morgan fingerprint density at radius 3 is 2.76 bits per heavy atom. The molecule has 0 aromatic heterocycles. The topological polar surface area (TPSA) is 29.3 Å². The fourth-order valence-electron chi connectivity index (χ4n) is 1.86. The third-order valence-corrected chi connectivity index (χ3v) is 3.43. The first-order valence-corrected chi connectivity index (χ1v) is 7.21. The molecule has 1 unspecified atom stereocenters. The van der Waals surface area contributed by atoms with Crippen LogP contribution in [0.15, 0.2) is 18.2 Å². The van der Waals surface area contributed by atoms with Crippen molar-refractivity contribution in [2.45, 2.75) is 19.4 Å². The first-order chi connectivity index (χ1) is 8.07. The molecule has 0 radical (unpaired) electrons. The van der Waals surface area contributed by atoms with E-state index < -0.39 is 0 Å². The van der Waals surface area contributed by atoms with Crippen molar-refractivity contribution in [3.05, 3.63) is 29.6 Å². The van der Waals surface area contributed by atoms with Gasteiger partial charge in [-0.2, -0.15) is 11.8 Å². The molecule has 1 aromatic rings. The predicted molar refractivity (Wildman–Crippen MR) is 75.3 cm³/mol. The summed E-state index contributed by atoms with van der Waals surface area (Å²) in [7, 11) is 1.92. The maximum atomic E-state index is 13.9. The molecule has 1 atom stereocenters. The van der Waals surface area contributed by atoms with Crippen molar-refractivity contribution < 1.29 is 4.39 Å². The van der Waals surface area contributed by atoms with Crippen molar-refractivity contribution in [1.82, 2.24) is 0 Å². The number of rotatable bonds is 6. The first kappa shape index (κ1) is 14.3. The number of nitrogens with two attached hydrogens (primary N) is 1. The van der Waals surface area contributed by atoms with Gasteiger partial charge in [0.05, 0.1) is 5.69 Å². The zero-order valence-electron chi connectivity index (χ0n) is 10.7. The highest BCUT2D eigenvalue weighted by molar-refractivity contribution is 7.98. The van der Waals surface area contributed by atoms with E-state index in [-0.39, 0.29) is 11.9 Å². The zero-order valence-corrected chi connectivity index (χ0v) is 11.6. The van der Waals surface area contributed by atoms with Crippen LogP contribution in [0.3, 0.4) is 0 Å². The molecule has 1 rings (SSSR count). The zero-order chi connectivity index (χ0) is 12.8. The molecule has 4 heteroatoms. The van der Waals surface area contributed by atoms with Crippen LogP contribution in [0.25, 0.3) is 0 Å². The summed E-state index contributed by atoms with van der Waals surface area (Å²) in [5.74, 6) is 0.901. The molecule has 0 saturated carbocycles. The van der Waals surface area contributed by atoms with Crippen molar-refractivity contribution in [2.75, 3.05) is 30.5 Å². The molecule has 0 aliphatic heterocycles. The fourth-order valence-corrected chi connectivity index (χ4v) is 2.28. The summed E-state index contributed by atoms with van der Waals surface area (Å²) in [4.78, 5) is 1.96. The van der Waals surface area contributed by atoms with Crippen LogP contribution in [0.4, 0.5) is 10.1 Å². The van der Waals surface area contributed by atoms with Gasteiger partial charge >= 0.3 is 0 Å². The standard InChI is InChI=1S/C13H21FN2S/c1-10(15)11-6-4-7-12(14)13(11)16(2)8-5-9-17-3/h4,6-7,10H,5,8-9,15H2,1-3H3. The van der Waals surface area contributed by atoms with Gasteiger partial charge in [0.1, 0.15) is 5.82 Å². The lowest BCUT2D eigenvalue weighted by molar-refractivity contribution is 0.615. The molecule has 0 spiro atoms. The molecule has 0 heterocycles. The average Bonchev–Trinajstić information content (AvgIpc) is 2.28. The van der Waals surface area contributed by atoms with Gasteiger partial charge in [-0.15, -0.1) is 0 Å². The molecule has 17 heavy (non-hydrogen) atoms. The second kappa shape index (κ2) is 6.87. The van der Waals surface area contributed by atoms with E-state index in [4.69, 9.17) is 5.73 Å². The van der Waals surface area contributed by atoms with E-state index in [9.17, 15) is 4.39 Å². The summed E-state index contributed by atoms with van der Waals surface area (Å²) in [6, 6.07) is 4.96. The van der Waals surface area contributed by atoms with E-state index in [1.54, 1.807) is 6.07 Å². The van der Waals surface area contributed by atoms with Crippen molar-refractivity contribution in [3.63, 3.8) is 0 Å². The van der Waals surface area contributed by atoms with Crippen LogP contribution in [-0.2, 0) is 0 Å². The molecule has 0 amide bonds. The quantitative estimate of drug-likeness (QED) is 0.793. The van der Waals surface area contributed by atoms with E-state index >= 15 is 0 Å². The van der Waals surface area contributed by atoms with Crippen molar-refractivity contribution in [3.8, 4) is 0 Å². The molecule has 0 aliphatic rings. The van der Waals surface area contributed by atoms with E-state index in [1.807, 2.05) is 36.7 Å². The second-order valence-electron chi connectivity index (χ2n) is 4.23. The molecule has 1 aromatic carbocycles. The summed E-state index contributed by atoms with van der Waals surface area (Å²) in [6.45, 7) is 2.73. The summed E-state index contributed by atoms with van der Waals surface area (Å²) < 4.78 is 13.9. The Hall–Kier alpha value is -0.740. The Bertz CT molecular complexity index is 355. The molecular weight excluding hydrogens is 235 g/mol. The normalized spacial score (nSPS) is 12.5. The third-order valence-electron chi connectivity index (χ3n) is 2.73. The highest BCUT2D eigenvalue weighted by Crippen LogP contribution is 2.27. The van der Waals surface area contributed by atoms with Crippen molar-refractivity contribution in [1.29, 1.82) is 0 Å². The Labute approximate surface area is 107 Å². The number of nitrogens with zero attached hydrogens (tertiary/aromatic N) is 1. The molecular formula is C13H21FN2S. The van der Waals surface area contributed by atoms with E-state index in [1.165, 1.54) is 6.07 Å². The lowest BCUT2D eigenvalue weighted by Gasteiger charge is -2.24. The molecule has 0 bridgehead atoms. The van der Waals surface area contributed by atoms with Crippen molar-refractivity contribution in [2.24, 2.45) is 5.73 Å². The van der Waals surface area contributed by atoms with Gasteiger partial charge in [-0.1, -0.05) is 12.1 Å². The van der Waals surface area contributed by atoms with Crippen LogP contribution in [0, 0.1) is 5.82 Å². The number of benzene rings is 1. The number of hydrogen-bond donors (Lipinski definition) is 1. The fraction of sp³-hybridized carbons (Fsp3) is 0.538. The third kappa shape index (κ3) is 3.89. The Morgan fingerprint density at radius 1 is 1.47 bits per heavy atom.